The second-order valence-electron chi connectivity index (χ2n) is 2.96. The summed E-state index contributed by atoms with van der Waals surface area (Å²) in [5.74, 6) is -2.04. The molecule has 0 spiro atoms. The fraction of sp³-hybridized carbons (Fsp3) is 0.286. The van der Waals surface area contributed by atoms with Gasteiger partial charge >= 0.3 is 12.0 Å². The van der Waals surface area contributed by atoms with Gasteiger partial charge in [-0.3, -0.25) is 10.1 Å². The van der Waals surface area contributed by atoms with E-state index in [0.29, 0.717) is 0 Å². The quantitative estimate of drug-likeness (QED) is 0.457. The Morgan fingerprint density at radius 3 is 2.53 bits per heavy atom. The van der Waals surface area contributed by atoms with Gasteiger partial charge in [0, 0.05) is 6.54 Å². The van der Waals surface area contributed by atoms with Crippen molar-refractivity contribution in [3.8, 4) is 0 Å². The summed E-state index contributed by atoms with van der Waals surface area (Å²) in [5, 5.41) is 17.4. The molecule has 1 rings (SSSR count). The number of carboxylic acid groups (broad SMARTS) is 1. The maximum atomic E-state index is 11.2. The number of nitrogens with one attached hydrogen (secondary N) is 1. The molecule has 0 unspecified atom stereocenters. The largest absolute Gasteiger partial charge is 0.476 e. The van der Waals surface area contributed by atoms with Crippen molar-refractivity contribution < 1.29 is 19.5 Å². The molecule has 0 aliphatic carbocycles. The molecule has 0 saturated carbocycles. The maximum absolute atomic E-state index is 11.2. The summed E-state index contributed by atoms with van der Waals surface area (Å²) in [6.07, 6.45) is 0. The van der Waals surface area contributed by atoms with E-state index in [1.165, 1.54) is 0 Å². The molecule has 3 amide bonds. The van der Waals surface area contributed by atoms with Crippen molar-refractivity contribution in [2.24, 2.45) is 11.5 Å². The van der Waals surface area contributed by atoms with Crippen molar-refractivity contribution >= 4 is 17.9 Å². The first kappa shape index (κ1) is 12.6. The topological polar surface area (TPSA) is 166 Å². The van der Waals surface area contributed by atoms with Crippen molar-refractivity contribution in [2.45, 2.75) is 13.1 Å². The van der Waals surface area contributed by atoms with Crippen molar-refractivity contribution in [1.29, 1.82) is 0 Å². The lowest BCUT2D eigenvalue weighted by molar-refractivity contribution is -0.120. The molecule has 1 aromatic heterocycles. The van der Waals surface area contributed by atoms with Crippen LogP contribution >= 0.6 is 0 Å². The number of nitrogens with zero attached hydrogens (tertiary/aromatic N) is 3. The lowest BCUT2D eigenvalue weighted by atomic mass is 10.3. The highest BCUT2D eigenvalue weighted by atomic mass is 16.4. The van der Waals surface area contributed by atoms with Crippen molar-refractivity contribution in [3.05, 3.63) is 11.4 Å². The highest BCUT2D eigenvalue weighted by Crippen LogP contribution is 2.04. The second-order valence-corrected chi connectivity index (χ2v) is 2.96. The van der Waals surface area contributed by atoms with Gasteiger partial charge in [0.15, 0.2) is 5.69 Å². The summed E-state index contributed by atoms with van der Waals surface area (Å²) >= 11 is 0. The SMILES string of the molecule is NCc1c(C(=O)O)nnn1CC(=O)NC(N)=O. The first-order valence-electron chi connectivity index (χ1n) is 4.40. The average molecular weight is 242 g/mol. The predicted octanol–water partition coefficient (Wildman–Crippen LogP) is -2.37. The van der Waals surface area contributed by atoms with Crippen molar-refractivity contribution in [2.75, 3.05) is 0 Å². The number of hydrogen-bond donors (Lipinski definition) is 4. The number of primary amides is 1. The predicted molar refractivity (Wildman–Crippen MR) is 52.6 cm³/mol. The Labute approximate surface area is 94.6 Å². The van der Waals surface area contributed by atoms with Crippen LogP contribution in [0.1, 0.15) is 16.2 Å². The molecule has 0 fully saturated rings. The second kappa shape index (κ2) is 5.03. The van der Waals surface area contributed by atoms with Crippen LogP contribution in [0.2, 0.25) is 0 Å². The van der Waals surface area contributed by atoms with Crippen LogP contribution in [0.15, 0.2) is 0 Å². The Hall–Kier alpha value is -2.49. The Morgan fingerprint density at radius 2 is 2.06 bits per heavy atom. The van der Waals surface area contributed by atoms with Crippen LogP contribution in [0.25, 0.3) is 0 Å². The molecule has 1 aromatic rings. The molecule has 0 saturated heterocycles. The summed E-state index contributed by atoms with van der Waals surface area (Å²) in [4.78, 5) is 32.3. The number of imide groups is 1. The Bertz CT molecular complexity index is 467. The molecule has 0 radical (unpaired) electrons. The third-order valence-corrected chi connectivity index (χ3v) is 1.79. The Morgan fingerprint density at radius 1 is 1.41 bits per heavy atom. The molecule has 17 heavy (non-hydrogen) atoms. The van der Waals surface area contributed by atoms with Crippen LogP contribution in [0.3, 0.4) is 0 Å². The number of rotatable bonds is 4. The number of aromatic nitrogens is 3. The Balaban J connectivity index is 2.88. The molecule has 0 aromatic carbocycles. The molecule has 10 heteroatoms. The Kier molecular flexibility index (Phi) is 3.72. The van der Waals surface area contributed by atoms with Crippen LogP contribution in [0.5, 0.6) is 0 Å². The summed E-state index contributed by atoms with van der Waals surface area (Å²) in [5.41, 5.74) is 9.81. The van der Waals surface area contributed by atoms with Gasteiger partial charge in [-0.2, -0.15) is 0 Å². The molecule has 0 aliphatic heterocycles. The van der Waals surface area contributed by atoms with Gasteiger partial charge in [0.05, 0.1) is 5.69 Å². The third kappa shape index (κ3) is 2.98. The molecule has 0 atom stereocenters. The number of carbonyl (C=O) groups is 3. The van der Waals surface area contributed by atoms with Gasteiger partial charge in [-0.15, -0.1) is 5.10 Å². The number of nitrogens with two attached hydrogens (primary N) is 2. The van der Waals surface area contributed by atoms with Gasteiger partial charge in [0.1, 0.15) is 6.54 Å². The summed E-state index contributed by atoms with van der Waals surface area (Å²) in [6, 6.07) is -1.01. The third-order valence-electron chi connectivity index (χ3n) is 1.79. The molecule has 10 nitrogen and oxygen atoms in total. The van der Waals surface area contributed by atoms with Gasteiger partial charge in [0.25, 0.3) is 0 Å². The number of carboxylic acids is 1. The zero-order valence-corrected chi connectivity index (χ0v) is 8.58. The van der Waals surface area contributed by atoms with E-state index in [9.17, 15) is 14.4 Å². The zero-order chi connectivity index (χ0) is 13.0. The summed E-state index contributed by atoms with van der Waals surface area (Å²) < 4.78 is 0.988. The molecular formula is C7H10N6O4. The summed E-state index contributed by atoms with van der Waals surface area (Å²) in [7, 11) is 0. The number of aromatic carboxylic acids is 1. The first-order valence-corrected chi connectivity index (χ1v) is 4.40. The number of hydrogen-bond acceptors (Lipinski definition) is 6. The highest BCUT2D eigenvalue weighted by molar-refractivity contribution is 5.93. The monoisotopic (exact) mass is 242 g/mol. The lowest BCUT2D eigenvalue weighted by Crippen LogP contribution is -2.37. The smallest absolute Gasteiger partial charge is 0.358 e. The minimum Gasteiger partial charge on any atom is -0.476 e. The van der Waals surface area contributed by atoms with Crippen LogP contribution in [0.4, 0.5) is 4.79 Å². The zero-order valence-electron chi connectivity index (χ0n) is 8.58. The van der Waals surface area contributed by atoms with Crippen molar-refractivity contribution in [1.82, 2.24) is 20.3 Å². The minimum absolute atomic E-state index is 0.0807. The highest BCUT2D eigenvalue weighted by Gasteiger charge is 2.19. The van der Waals surface area contributed by atoms with Gasteiger partial charge in [-0.05, 0) is 0 Å². The van der Waals surface area contributed by atoms with Crippen LogP contribution < -0.4 is 16.8 Å². The normalized spacial score (nSPS) is 9.94. The molecule has 0 bridgehead atoms. The molecule has 92 valence electrons. The molecular weight excluding hydrogens is 232 g/mol. The van der Waals surface area contributed by atoms with Crippen LogP contribution in [-0.4, -0.2) is 38.0 Å². The standard InChI is InChI=1S/C7H10N6O4/c8-1-3-5(6(15)16)11-12-13(3)2-4(14)10-7(9)17/h1-2,8H2,(H,15,16)(H3,9,10,14,17). The van der Waals surface area contributed by atoms with E-state index in [1.807, 2.05) is 0 Å². The van der Waals surface area contributed by atoms with E-state index in [1.54, 1.807) is 5.32 Å². The average Bonchev–Trinajstić information content (AvgIpc) is 2.59. The van der Waals surface area contributed by atoms with E-state index in [4.69, 9.17) is 16.6 Å². The fourth-order valence-electron chi connectivity index (χ4n) is 1.14. The van der Waals surface area contributed by atoms with Gasteiger partial charge in [-0.25, -0.2) is 14.3 Å². The van der Waals surface area contributed by atoms with Crippen LogP contribution in [-0.2, 0) is 17.9 Å². The van der Waals surface area contributed by atoms with E-state index < -0.39 is 24.5 Å². The minimum atomic E-state index is -1.30. The number of amides is 3. The van der Waals surface area contributed by atoms with E-state index in [-0.39, 0.29) is 17.9 Å². The van der Waals surface area contributed by atoms with E-state index in [0.717, 1.165) is 4.68 Å². The molecule has 6 N–H and O–H groups in total. The van der Waals surface area contributed by atoms with Gasteiger partial charge in [-0.1, -0.05) is 5.21 Å². The van der Waals surface area contributed by atoms with Crippen molar-refractivity contribution in [3.63, 3.8) is 0 Å². The molecule has 0 aliphatic rings. The van der Waals surface area contributed by atoms with Gasteiger partial charge in [0.2, 0.25) is 5.91 Å². The van der Waals surface area contributed by atoms with E-state index >= 15 is 0 Å². The lowest BCUT2D eigenvalue weighted by Gasteiger charge is -2.04. The van der Waals surface area contributed by atoms with E-state index in [2.05, 4.69) is 10.3 Å². The van der Waals surface area contributed by atoms with Gasteiger partial charge < -0.3 is 16.6 Å². The maximum Gasteiger partial charge on any atom is 0.358 e. The number of urea groups is 1. The first-order chi connectivity index (χ1) is 7.95. The van der Waals surface area contributed by atoms with Crippen LogP contribution in [0, 0.1) is 0 Å². The summed E-state index contributed by atoms with van der Waals surface area (Å²) in [6.45, 7) is -0.547. The number of carbonyl (C=O) groups excluding carboxylic acids is 2. The fourth-order valence-corrected chi connectivity index (χ4v) is 1.14. The molecule has 1 heterocycles.